The molecular formula is C25H30F2N6O2. The van der Waals surface area contributed by atoms with Crippen LogP contribution in [0.25, 0.3) is 0 Å². The maximum absolute atomic E-state index is 14.0. The summed E-state index contributed by atoms with van der Waals surface area (Å²) in [6.07, 6.45) is 9.84. The van der Waals surface area contributed by atoms with Gasteiger partial charge in [-0.15, -0.1) is 0 Å². The second-order valence-corrected chi connectivity index (χ2v) is 12.0. The summed E-state index contributed by atoms with van der Waals surface area (Å²) in [4.78, 5) is 25.2. The van der Waals surface area contributed by atoms with Crippen molar-refractivity contribution in [1.82, 2.24) is 29.5 Å². The first-order valence-corrected chi connectivity index (χ1v) is 12.7. The highest BCUT2D eigenvalue weighted by atomic mass is 19.1. The topological polar surface area (TPSA) is 87.4 Å². The molecule has 10 heteroatoms. The van der Waals surface area contributed by atoms with Crippen molar-refractivity contribution in [3.05, 3.63) is 41.7 Å². The van der Waals surface area contributed by atoms with Gasteiger partial charge < -0.3 is 14.9 Å². The average Bonchev–Trinajstić information content (AvgIpc) is 3.14. The Morgan fingerprint density at radius 2 is 1.74 bits per heavy atom. The number of nitrogens with zero attached hydrogens (tertiary/aromatic N) is 6. The van der Waals surface area contributed by atoms with Gasteiger partial charge in [0.25, 0.3) is 0 Å². The highest BCUT2D eigenvalue weighted by Gasteiger charge is 2.57. The van der Waals surface area contributed by atoms with Gasteiger partial charge in [0.1, 0.15) is 23.6 Å². The van der Waals surface area contributed by atoms with Crippen LogP contribution in [0.2, 0.25) is 0 Å². The normalized spacial score (nSPS) is 27.6. The van der Waals surface area contributed by atoms with Gasteiger partial charge in [0.15, 0.2) is 5.82 Å². The number of rotatable bonds is 4. The largest absolute Gasteiger partial charge is 0.382 e. The van der Waals surface area contributed by atoms with Crippen LogP contribution >= 0.6 is 0 Å². The predicted molar refractivity (Wildman–Crippen MR) is 120 cm³/mol. The second-order valence-electron chi connectivity index (χ2n) is 12.0. The van der Waals surface area contributed by atoms with E-state index in [-0.39, 0.29) is 16.9 Å². The maximum Gasteiger partial charge on any atom is 0.320 e. The van der Waals surface area contributed by atoms with Crippen molar-refractivity contribution in [2.75, 3.05) is 26.2 Å². The van der Waals surface area contributed by atoms with E-state index >= 15 is 0 Å². The molecular weight excluding hydrogens is 454 g/mol. The molecule has 0 bridgehead atoms. The zero-order valence-corrected chi connectivity index (χ0v) is 19.7. The molecule has 2 aromatic rings. The number of pyridine rings is 1. The SMILES string of the molecule is O=C(N1CC2(CCC(Cc3ncc(F)cc3F)C2)C1)N1CC2(CC(n3cnc(C4(O)CC4)n3)C2)C1. The summed E-state index contributed by atoms with van der Waals surface area (Å²) >= 11 is 0. The van der Waals surface area contributed by atoms with Gasteiger partial charge >= 0.3 is 6.03 Å². The van der Waals surface area contributed by atoms with Crippen molar-refractivity contribution in [3.63, 3.8) is 0 Å². The Kier molecular flexibility index (Phi) is 4.46. The number of hydrogen-bond acceptors (Lipinski definition) is 5. The monoisotopic (exact) mass is 484 g/mol. The first-order chi connectivity index (χ1) is 16.7. The van der Waals surface area contributed by atoms with Gasteiger partial charge in [0.05, 0.1) is 17.9 Å². The number of carbonyl (C=O) groups excluding carboxylic acids is 1. The van der Waals surface area contributed by atoms with Crippen LogP contribution in [0.5, 0.6) is 0 Å². The minimum atomic E-state index is -0.797. The molecule has 0 radical (unpaired) electrons. The predicted octanol–water partition coefficient (Wildman–Crippen LogP) is 3.03. The van der Waals surface area contributed by atoms with E-state index in [0.717, 1.165) is 83.4 Å². The van der Waals surface area contributed by atoms with E-state index in [1.165, 1.54) is 0 Å². The number of carbonyl (C=O) groups is 1. The van der Waals surface area contributed by atoms with E-state index in [9.17, 15) is 18.7 Å². The lowest BCUT2D eigenvalue weighted by molar-refractivity contribution is -0.0849. The average molecular weight is 485 g/mol. The summed E-state index contributed by atoms with van der Waals surface area (Å²) in [7, 11) is 0. The summed E-state index contributed by atoms with van der Waals surface area (Å²) in [6.45, 7) is 3.15. The number of aromatic nitrogens is 4. The standard InChI is InChI=1S/C25H30F2N6O2/c26-17-6-19(27)20(28-10-17)5-16-1-2-23(7-16)11-31(12-23)22(34)32-13-24(14-32)8-18(9-24)33-15-29-21(30-33)25(35)3-4-25/h6,10,15-16,18,35H,1-5,7-9,11-14H2. The Balaban J connectivity index is 0.875. The Hall–Kier alpha value is -2.62. The molecule has 5 fully saturated rings. The lowest BCUT2D eigenvalue weighted by Crippen LogP contribution is -2.69. The van der Waals surface area contributed by atoms with Crippen molar-refractivity contribution < 1.29 is 18.7 Å². The van der Waals surface area contributed by atoms with E-state index in [1.807, 2.05) is 14.5 Å². The van der Waals surface area contributed by atoms with Crippen molar-refractivity contribution in [2.24, 2.45) is 16.7 Å². The fraction of sp³-hybridized carbons (Fsp3) is 0.680. The van der Waals surface area contributed by atoms with Crippen molar-refractivity contribution >= 4 is 6.03 Å². The molecule has 4 heterocycles. The number of halogens is 2. The van der Waals surface area contributed by atoms with Gasteiger partial charge in [0, 0.05) is 43.1 Å². The Morgan fingerprint density at radius 3 is 2.43 bits per heavy atom. The van der Waals surface area contributed by atoms with Crippen molar-refractivity contribution in [3.8, 4) is 0 Å². The molecule has 2 spiro atoms. The van der Waals surface area contributed by atoms with E-state index < -0.39 is 17.2 Å². The highest BCUT2D eigenvalue weighted by Crippen LogP contribution is 2.55. The van der Waals surface area contributed by atoms with Gasteiger partial charge in [-0.05, 0) is 57.3 Å². The van der Waals surface area contributed by atoms with Crippen molar-refractivity contribution in [1.29, 1.82) is 0 Å². The molecule has 2 aromatic heterocycles. The molecule has 3 saturated carbocycles. The third kappa shape index (κ3) is 3.55. The number of urea groups is 1. The van der Waals surface area contributed by atoms with E-state index in [4.69, 9.17) is 0 Å². The van der Waals surface area contributed by atoms with Crippen LogP contribution in [0, 0.1) is 28.4 Å². The molecule has 1 unspecified atom stereocenters. The van der Waals surface area contributed by atoms with E-state index in [1.54, 1.807) is 6.33 Å². The first kappa shape index (κ1) is 21.6. The van der Waals surface area contributed by atoms with Crippen LogP contribution in [0.15, 0.2) is 18.6 Å². The third-order valence-corrected chi connectivity index (χ3v) is 9.18. The van der Waals surface area contributed by atoms with E-state index in [0.29, 0.717) is 29.9 Å². The molecule has 1 atom stereocenters. The summed E-state index contributed by atoms with van der Waals surface area (Å²) < 4.78 is 29.0. The van der Waals surface area contributed by atoms with E-state index in [2.05, 4.69) is 15.1 Å². The van der Waals surface area contributed by atoms with Crippen LogP contribution < -0.4 is 0 Å². The quantitative estimate of drug-likeness (QED) is 0.721. The molecule has 186 valence electrons. The summed E-state index contributed by atoms with van der Waals surface area (Å²) in [6, 6.07) is 1.35. The lowest BCUT2D eigenvalue weighted by Gasteiger charge is -2.60. The maximum atomic E-state index is 14.0. The fourth-order valence-electron chi connectivity index (χ4n) is 7.04. The summed E-state index contributed by atoms with van der Waals surface area (Å²) in [5.74, 6) is -0.334. The molecule has 7 rings (SSSR count). The number of hydrogen-bond donors (Lipinski definition) is 1. The summed E-state index contributed by atoms with van der Waals surface area (Å²) in [5, 5.41) is 14.7. The number of likely N-dealkylation sites (tertiary alicyclic amines) is 2. The zero-order chi connectivity index (χ0) is 24.0. The van der Waals surface area contributed by atoms with Gasteiger partial charge in [-0.1, -0.05) is 0 Å². The zero-order valence-electron chi connectivity index (χ0n) is 19.7. The number of amides is 2. The van der Waals surface area contributed by atoms with Crippen LogP contribution in [-0.4, -0.2) is 66.9 Å². The van der Waals surface area contributed by atoms with Gasteiger partial charge in [-0.3, -0.25) is 4.98 Å². The molecule has 3 aliphatic carbocycles. The van der Waals surface area contributed by atoms with Crippen LogP contribution in [0.4, 0.5) is 13.6 Å². The fourth-order valence-corrected chi connectivity index (χ4v) is 7.04. The van der Waals surface area contributed by atoms with Crippen LogP contribution in [0.1, 0.15) is 62.5 Å². The van der Waals surface area contributed by atoms with Crippen LogP contribution in [-0.2, 0) is 12.0 Å². The smallest absolute Gasteiger partial charge is 0.320 e. The molecule has 35 heavy (non-hydrogen) atoms. The van der Waals surface area contributed by atoms with Crippen LogP contribution in [0.3, 0.4) is 0 Å². The molecule has 1 N–H and O–H groups in total. The molecule has 5 aliphatic rings. The third-order valence-electron chi connectivity index (χ3n) is 9.18. The Morgan fingerprint density at radius 1 is 1.03 bits per heavy atom. The summed E-state index contributed by atoms with van der Waals surface area (Å²) in [5.41, 5.74) is -0.0992. The molecule has 2 saturated heterocycles. The Labute approximate surface area is 202 Å². The number of aliphatic hydroxyl groups is 1. The minimum Gasteiger partial charge on any atom is -0.382 e. The molecule has 0 aromatic carbocycles. The Bertz CT molecular complexity index is 1180. The lowest BCUT2D eigenvalue weighted by atomic mass is 9.60. The van der Waals surface area contributed by atoms with Gasteiger partial charge in [-0.25, -0.2) is 23.2 Å². The molecule has 2 aliphatic heterocycles. The highest BCUT2D eigenvalue weighted by molar-refractivity contribution is 5.76. The second kappa shape index (κ2) is 7.21. The minimum absolute atomic E-state index is 0.137. The van der Waals surface area contributed by atoms with Crippen molar-refractivity contribution in [2.45, 2.75) is 63.0 Å². The molecule has 8 nitrogen and oxygen atoms in total. The van der Waals surface area contributed by atoms with Gasteiger partial charge in [-0.2, -0.15) is 5.10 Å². The van der Waals surface area contributed by atoms with Gasteiger partial charge in [0.2, 0.25) is 0 Å². The first-order valence-electron chi connectivity index (χ1n) is 12.7. The molecule has 2 amide bonds.